The minimum Gasteiger partial charge on any atom is -0.464 e. The highest BCUT2D eigenvalue weighted by Gasteiger charge is 2.44. The van der Waals surface area contributed by atoms with Crippen molar-refractivity contribution in [3.63, 3.8) is 0 Å². The molecule has 0 aromatic rings. The number of carbonyl (C=O) groups excluding carboxylic acids is 2. The molecule has 116 valence electrons. The van der Waals surface area contributed by atoms with Gasteiger partial charge in [0.05, 0.1) is 12.5 Å². The molecule has 1 N–H and O–H groups in total. The molecule has 1 aliphatic carbocycles. The van der Waals surface area contributed by atoms with E-state index < -0.39 is 11.6 Å². The predicted molar refractivity (Wildman–Crippen MR) is 76.9 cm³/mol. The first-order valence-corrected chi connectivity index (χ1v) is 7.86. The van der Waals surface area contributed by atoms with Gasteiger partial charge in [0.1, 0.15) is 12.1 Å². The third kappa shape index (κ3) is 5.19. The van der Waals surface area contributed by atoms with Crippen LogP contribution >= 0.6 is 11.6 Å². The van der Waals surface area contributed by atoms with E-state index in [1.54, 1.807) is 0 Å². The molecule has 1 saturated carbocycles. The molecular formula is C14H24ClNO4. The maximum Gasteiger partial charge on any atom is 0.408 e. The summed E-state index contributed by atoms with van der Waals surface area (Å²) in [4.78, 5) is 23.9. The number of hydrogen-bond acceptors (Lipinski definition) is 4. The molecule has 0 bridgehead atoms. The van der Waals surface area contributed by atoms with Gasteiger partial charge in [-0.1, -0.05) is 32.6 Å². The molecule has 0 aromatic carbocycles. The van der Waals surface area contributed by atoms with Crippen LogP contribution in [0.5, 0.6) is 0 Å². The number of esters is 1. The van der Waals surface area contributed by atoms with E-state index in [9.17, 15) is 9.59 Å². The van der Waals surface area contributed by atoms with Gasteiger partial charge in [-0.2, -0.15) is 0 Å². The van der Waals surface area contributed by atoms with E-state index in [0.29, 0.717) is 19.4 Å². The maximum atomic E-state index is 12.2. The van der Waals surface area contributed by atoms with Gasteiger partial charge in [0.25, 0.3) is 0 Å². The summed E-state index contributed by atoms with van der Waals surface area (Å²) in [7, 11) is 0. The van der Waals surface area contributed by atoms with Crippen molar-refractivity contribution in [1.82, 2.24) is 5.32 Å². The first-order chi connectivity index (χ1) is 9.64. The van der Waals surface area contributed by atoms with Gasteiger partial charge in [-0.05, 0) is 19.3 Å². The summed E-state index contributed by atoms with van der Waals surface area (Å²) >= 11 is 5.46. The zero-order valence-electron chi connectivity index (χ0n) is 12.1. The summed E-state index contributed by atoms with van der Waals surface area (Å²) < 4.78 is 10.2. The molecule has 1 aliphatic rings. The lowest BCUT2D eigenvalue weighted by Crippen LogP contribution is -2.53. The quantitative estimate of drug-likeness (QED) is 0.425. The molecule has 1 amide bonds. The van der Waals surface area contributed by atoms with E-state index in [4.69, 9.17) is 21.1 Å². The topological polar surface area (TPSA) is 64.6 Å². The van der Waals surface area contributed by atoms with Gasteiger partial charge in [-0.25, -0.2) is 9.59 Å². The Kier molecular flexibility index (Phi) is 7.73. The number of ether oxygens (including phenoxy) is 2. The molecule has 0 atom stereocenters. The molecule has 20 heavy (non-hydrogen) atoms. The highest BCUT2D eigenvalue weighted by Crippen LogP contribution is 2.31. The molecule has 0 aliphatic heterocycles. The Morgan fingerprint density at radius 3 is 2.45 bits per heavy atom. The fourth-order valence-electron chi connectivity index (χ4n) is 2.38. The Hall–Kier alpha value is -0.970. The van der Waals surface area contributed by atoms with Crippen molar-refractivity contribution in [2.45, 2.75) is 57.4 Å². The molecular weight excluding hydrogens is 282 g/mol. The highest BCUT2D eigenvalue weighted by molar-refractivity contribution is 6.18. The molecule has 5 nitrogen and oxygen atoms in total. The molecule has 0 unspecified atom stereocenters. The van der Waals surface area contributed by atoms with E-state index >= 15 is 0 Å². The van der Waals surface area contributed by atoms with Crippen molar-refractivity contribution in [2.24, 2.45) is 0 Å². The lowest BCUT2D eigenvalue weighted by molar-refractivity contribution is -0.151. The van der Waals surface area contributed by atoms with Crippen LogP contribution in [-0.2, 0) is 14.3 Å². The first-order valence-electron chi connectivity index (χ1n) is 7.33. The number of alkyl carbamates (subject to hydrolysis) is 1. The van der Waals surface area contributed by atoms with Gasteiger partial charge >= 0.3 is 12.1 Å². The average Bonchev–Trinajstić information content (AvgIpc) is 2.91. The summed E-state index contributed by atoms with van der Waals surface area (Å²) in [5.74, 6) is -0.101. The summed E-state index contributed by atoms with van der Waals surface area (Å²) in [6.45, 7) is 2.64. The molecule has 1 rings (SSSR count). The van der Waals surface area contributed by atoms with E-state index in [1.807, 2.05) is 0 Å². The summed E-state index contributed by atoms with van der Waals surface area (Å²) in [5, 5.41) is 2.67. The monoisotopic (exact) mass is 305 g/mol. The van der Waals surface area contributed by atoms with Crippen LogP contribution in [0.3, 0.4) is 0 Å². The molecule has 0 radical (unpaired) electrons. The Morgan fingerprint density at radius 2 is 1.85 bits per heavy atom. The maximum absolute atomic E-state index is 12.2. The molecule has 0 saturated heterocycles. The number of amides is 1. The van der Waals surface area contributed by atoms with Crippen LogP contribution in [0.25, 0.3) is 0 Å². The Bertz CT molecular complexity index is 316. The normalized spacial score (nSPS) is 16.7. The Balaban J connectivity index is 2.48. The Morgan fingerprint density at radius 1 is 1.15 bits per heavy atom. The van der Waals surface area contributed by atoms with Crippen molar-refractivity contribution < 1.29 is 19.1 Å². The van der Waals surface area contributed by atoms with Crippen LogP contribution < -0.4 is 5.32 Å². The largest absolute Gasteiger partial charge is 0.464 e. The molecule has 0 spiro atoms. The minimum atomic E-state index is -0.907. The second kappa shape index (κ2) is 9.06. The van der Waals surface area contributed by atoms with E-state index in [2.05, 4.69) is 12.2 Å². The van der Waals surface area contributed by atoms with Crippen LogP contribution in [0.1, 0.15) is 51.9 Å². The van der Waals surface area contributed by atoms with Crippen molar-refractivity contribution in [1.29, 1.82) is 0 Å². The van der Waals surface area contributed by atoms with Crippen molar-refractivity contribution in [3.8, 4) is 0 Å². The number of unbranched alkanes of at least 4 members (excludes halogenated alkanes) is 2. The summed E-state index contributed by atoms with van der Waals surface area (Å²) in [6.07, 6.45) is 5.38. The lowest BCUT2D eigenvalue weighted by atomic mass is 9.98. The number of carbonyl (C=O) groups is 2. The van der Waals surface area contributed by atoms with E-state index in [-0.39, 0.29) is 18.5 Å². The second-order valence-electron chi connectivity index (χ2n) is 5.08. The van der Waals surface area contributed by atoms with Crippen LogP contribution in [-0.4, -0.2) is 36.7 Å². The Labute approximate surface area is 125 Å². The van der Waals surface area contributed by atoms with Crippen molar-refractivity contribution >= 4 is 23.7 Å². The van der Waals surface area contributed by atoms with Crippen LogP contribution in [0, 0.1) is 0 Å². The van der Waals surface area contributed by atoms with Gasteiger partial charge < -0.3 is 14.8 Å². The first kappa shape index (κ1) is 17.1. The van der Waals surface area contributed by atoms with Gasteiger partial charge in [0.2, 0.25) is 0 Å². The minimum absolute atomic E-state index is 0.134. The third-order valence-electron chi connectivity index (χ3n) is 3.48. The molecule has 6 heteroatoms. The predicted octanol–water partition coefficient (Wildman–Crippen LogP) is 3.00. The fraction of sp³-hybridized carbons (Fsp3) is 0.857. The number of rotatable bonds is 8. The zero-order chi connectivity index (χ0) is 14.8. The SMILES string of the molecule is CCCCCOC(=O)C1(NC(=O)OCCCl)CCCC1. The fourth-order valence-corrected chi connectivity index (χ4v) is 2.45. The third-order valence-corrected chi connectivity index (χ3v) is 3.63. The van der Waals surface area contributed by atoms with Gasteiger partial charge in [0, 0.05) is 0 Å². The number of hydrogen-bond donors (Lipinski definition) is 1. The summed E-state index contributed by atoms with van der Waals surface area (Å²) in [6, 6.07) is 0. The molecule has 0 heterocycles. The molecule has 1 fully saturated rings. The number of nitrogens with one attached hydrogen (secondary N) is 1. The van der Waals surface area contributed by atoms with Gasteiger partial charge in [-0.3, -0.25) is 0 Å². The zero-order valence-corrected chi connectivity index (χ0v) is 12.8. The number of alkyl halides is 1. The standard InChI is InChI=1S/C14H24ClNO4/c1-2-3-6-10-19-12(17)14(7-4-5-8-14)16-13(18)20-11-9-15/h2-11H2,1H3,(H,16,18). The average molecular weight is 306 g/mol. The smallest absolute Gasteiger partial charge is 0.408 e. The van der Waals surface area contributed by atoms with Crippen LogP contribution in [0.2, 0.25) is 0 Å². The van der Waals surface area contributed by atoms with E-state index in [1.165, 1.54) is 0 Å². The number of halogens is 1. The highest BCUT2D eigenvalue weighted by atomic mass is 35.5. The second-order valence-corrected chi connectivity index (χ2v) is 5.46. The lowest BCUT2D eigenvalue weighted by Gasteiger charge is -2.27. The van der Waals surface area contributed by atoms with Gasteiger partial charge in [-0.15, -0.1) is 11.6 Å². The van der Waals surface area contributed by atoms with Crippen molar-refractivity contribution in [3.05, 3.63) is 0 Å². The van der Waals surface area contributed by atoms with Gasteiger partial charge in [0.15, 0.2) is 0 Å². The summed E-state index contributed by atoms with van der Waals surface area (Å²) in [5.41, 5.74) is -0.907. The van der Waals surface area contributed by atoms with Crippen LogP contribution in [0.15, 0.2) is 0 Å². The van der Waals surface area contributed by atoms with Crippen molar-refractivity contribution in [2.75, 3.05) is 19.1 Å². The van der Waals surface area contributed by atoms with Crippen LogP contribution in [0.4, 0.5) is 4.79 Å². The van der Waals surface area contributed by atoms with E-state index in [0.717, 1.165) is 32.1 Å². The molecule has 0 aromatic heterocycles.